The predicted octanol–water partition coefficient (Wildman–Crippen LogP) is 1.65. The molecule has 0 fully saturated rings. The lowest BCUT2D eigenvalue weighted by atomic mass is 10.1. The molecule has 0 aliphatic carbocycles. The first-order chi connectivity index (χ1) is 7.97. The van der Waals surface area contributed by atoms with Gasteiger partial charge in [0.05, 0.1) is 11.0 Å². The van der Waals surface area contributed by atoms with Crippen molar-refractivity contribution < 1.29 is 9.72 Å². The van der Waals surface area contributed by atoms with E-state index in [1.54, 1.807) is 19.9 Å². The van der Waals surface area contributed by atoms with Crippen LogP contribution in [0.15, 0.2) is 18.2 Å². The van der Waals surface area contributed by atoms with Gasteiger partial charge in [0.25, 0.3) is 11.6 Å². The first-order valence-electron chi connectivity index (χ1n) is 4.98. The summed E-state index contributed by atoms with van der Waals surface area (Å²) in [6.45, 7) is 3.27. The smallest absolute Gasteiger partial charge is 0.282 e. The second-order valence-electron chi connectivity index (χ2n) is 3.59. The minimum absolute atomic E-state index is 0.0552. The topological polar surface area (TPSA) is 72.2 Å². The minimum Gasteiger partial charge on any atom is -0.338 e. The molecular formula is C12H12N2O3. The van der Waals surface area contributed by atoms with Crippen molar-refractivity contribution in [3.05, 3.63) is 39.4 Å². The molecule has 0 heterocycles. The molecule has 1 N–H and O–H groups in total. The summed E-state index contributed by atoms with van der Waals surface area (Å²) in [4.78, 5) is 22.1. The van der Waals surface area contributed by atoms with Crippen LogP contribution in [0.5, 0.6) is 0 Å². The fraction of sp³-hybridized carbons (Fsp3) is 0.250. The Labute approximate surface area is 99.0 Å². The van der Waals surface area contributed by atoms with Crippen LogP contribution in [0.25, 0.3) is 0 Å². The zero-order valence-electron chi connectivity index (χ0n) is 9.56. The van der Waals surface area contributed by atoms with Crippen LogP contribution < -0.4 is 5.32 Å². The average molecular weight is 232 g/mol. The molecule has 0 saturated heterocycles. The van der Waals surface area contributed by atoms with Crippen molar-refractivity contribution in [1.82, 2.24) is 5.32 Å². The lowest BCUT2D eigenvalue weighted by molar-refractivity contribution is -0.385. The zero-order chi connectivity index (χ0) is 13.0. The molecule has 0 bridgehead atoms. The third-order valence-corrected chi connectivity index (χ3v) is 2.27. The van der Waals surface area contributed by atoms with Crippen LogP contribution >= 0.6 is 0 Å². The fourth-order valence-corrected chi connectivity index (χ4v) is 1.41. The first kappa shape index (κ1) is 12.7. The molecule has 0 spiro atoms. The van der Waals surface area contributed by atoms with Gasteiger partial charge in [-0.25, -0.2) is 0 Å². The highest BCUT2D eigenvalue weighted by Gasteiger charge is 2.22. The van der Waals surface area contributed by atoms with E-state index < -0.39 is 16.9 Å². The third kappa shape index (κ3) is 2.82. The maximum absolute atomic E-state index is 11.8. The van der Waals surface area contributed by atoms with Crippen LogP contribution in [0, 0.1) is 29.4 Å². The summed E-state index contributed by atoms with van der Waals surface area (Å²) >= 11 is 0. The lowest BCUT2D eigenvalue weighted by Crippen LogP contribution is -2.32. The number of nitrogens with one attached hydrogen (secondary N) is 1. The third-order valence-electron chi connectivity index (χ3n) is 2.27. The quantitative estimate of drug-likeness (QED) is 0.489. The van der Waals surface area contributed by atoms with E-state index in [2.05, 4.69) is 11.2 Å². The maximum atomic E-state index is 11.8. The van der Waals surface area contributed by atoms with Crippen molar-refractivity contribution in [1.29, 1.82) is 0 Å². The van der Waals surface area contributed by atoms with Gasteiger partial charge in [0.15, 0.2) is 0 Å². The summed E-state index contributed by atoms with van der Waals surface area (Å²) in [5.41, 5.74) is 0.382. The van der Waals surface area contributed by atoms with E-state index in [1.807, 2.05) is 0 Å². The number of nitro groups is 1. The summed E-state index contributed by atoms with van der Waals surface area (Å²) in [5, 5.41) is 13.3. The molecule has 0 radical (unpaired) electrons. The van der Waals surface area contributed by atoms with Crippen LogP contribution in [0.4, 0.5) is 5.69 Å². The number of benzene rings is 1. The molecular weight excluding hydrogens is 220 g/mol. The highest BCUT2D eigenvalue weighted by Crippen LogP contribution is 2.21. The van der Waals surface area contributed by atoms with E-state index in [-0.39, 0.29) is 11.3 Å². The number of amides is 1. The average Bonchev–Trinajstić information content (AvgIpc) is 2.28. The molecule has 1 aromatic carbocycles. The van der Waals surface area contributed by atoms with Gasteiger partial charge >= 0.3 is 0 Å². The Morgan fingerprint density at radius 3 is 2.76 bits per heavy atom. The van der Waals surface area contributed by atoms with Crippen LogP contribution in [-0.4, -0.2) is 16.9 Å². The van der Waals surface area contributed by atoms with Crippen LogP contribution in [0.3, 0.4) is 0 Å². The maximum Gasteiger partial charge on any atom is 0.282 e. The summed E-state index contributed by atoms with van der Waals surface area (Å²) in [5.74, 6) is 1.80. The van der Waals surface area contributed by atoms with Gasteiger partial charge in [0, 0.05) is 6.07 Å². The molecule has 1 unspecified atom stereocenters. The van der Waals surface area contributed by atoms with Gasteiger partial charge in [-0.05, 0) is 19.4 Å². The van der Waals surface area contributed by atoms with Gasteiger partial charge in [-0.1, -0.05) is 18.1 Å². The summed E-state index contributed by atoms with van der Waals surface area (Å²) in [6.07, 6.45) is 5.14. The van der Waals surface area contributed by atoms with E-state index in [9.17, 15) is 14.9 Å². The van der Waals surface area contributed by atoms with Crippen LogP contribution in [0.1, 0.15) is 22.8 Å². The molecule has 88 valence electrons. The van der Waals surface area contributed by atoms with Crippen molar-refractivity contribution >= 4 is 11.6 Å². The summed E-state index contributed by atoms with van der Waals surface area (Å²) in [6, 6.07) is 4.00. The SMILES string of the molecule is C#CC(C)NC(=O)c1c(C)cccc1[N+](=O)[O-]. The molecule has 0 aliphatic heterocycles. The summed E-state index contributed by atoms with van der Waals surface area (Å²) < 4.78 is 0. The molecule has 0 aromatic heterocycles. The number of terminal acetylenes is 1. The van der Waals surface area contributed by atoms with Gasteiger partial charge in [-0.2, -0.15) is 0 Å². The largest absolute Gasteiger partial charge is 0.338 e. The van der Waals surface area contributed by atoms with Crippen molar-refractivity contribution in [2.24, 2.45) is 0 Å². The monoisotopic (exact) mass is 232 g/mol. The molecule has 5 nitrogen and oxygen atoms in total. The normalized spacial score (nSPS) is 11.4. The van der Waals surface area contributed by atoms with Gasteiger partial charge in [0.2, 0.25) is 0 Å². The van der Waals surface area contributed by atoms with Gasteiger partial charge < -0.3 is 5.32 Å². The van der Waals surface area contributed by atoms with Gasteiger partial charge in [-0.15, -0.1) is 6.42 Å². The Bertz CT molecular complexity index is 503. The lowest BCUT2D eigenvalue weighted by Gasteiger charge is -2.09. The van der Waals surface area contributed by atoms with E-state index in [0.29, 0.717) is 5.56 Å². The number of carbonyl (C=O) groups excluding carboxylic acids is 1. The summed E-state index contributed by atoms with van der Waals surface area (Å²) in [7, 11) is 0. The second kappa shape index (κ2) is 5.12. The number of hydrogen-bond donors (Lipinski definition) is 1. The van der Waals surface area contributed by atoms with Crippen molar-refractivity contribution in [3.8, 4) is 12.3 Å². The number of aryl methyl sites for hydroxylation is 1. The minimum atomic E-state index is -0.581. The zero-order valence-corrected chi connectivity index (χ0v) is 9.56. The Hall–Kier alpha value is -2.35. The molecule has 1 amide bonds. The number of rotatable bonds is 3. The molecule has 0 aliphatic rings. The number of hydrogen-bond acceptors (Lipinski definition) is 3. The predicted molar refractivity (Wildman–Crippen MR) is 63.6 cm³/mol. The molecule has 0 saturated carbocycles. The van der Waals surface area contributed by atoms with Crippen molar-refractivity contribution in [2.75, 3.05) is 0 Å². The number of carbonyl (C=O) groups is 1. The Balaban J connectivity index is 3.17. The molecule has 1 aromatic rings. The van der Waals surface area contributed by atoms with Crippen molar-refractivity contribution in [3.63, 3.8) is 0 Å². The van der Waals surface area contributed by atoms with Crippen LogP contribution in [0.2, 0.25) is 0 Å². The Morgan fingerprint density at radius 1 is 1.59 bits per heavy atom. The Morgan fingerprint density at radius 2 is 2.24 bits per heavy atom. The highest BCUT2D eigenvalue weighted by atomic mass is 16.6. The standard InChI is InChI=1S/C12H12N2O3/c1-4-9(3)13-12(15)11-8(2)6-5-7-10(11)14(16)17/h1,5-7,9H,2-3H3,(H,13,15). The number of nitro benzene ring substituents is 1. The fourth-order valence-electron chi connectivity index (χ4n) is 1.41. The van der Waals surface area contributed by atoms with E-state index >= 15 is 0 Å². The molecule has 1 rings (SSSR count). The molecule has 5 heteroatoms. The first-order valence-corrected chi connectivity index (χ1v) is 4.98. The van der Waals surface area contributed by atoms with Crippen molar-refractivity contribution in [2.45, 2.75) is 19.9 Å². The number of nitrogens with zero attached hydrogens (tertiary/aromatic N) is 1. The Kier molecular flexibility index (Phi) is 3.83. The van der Waals surface area contributed by atoms with E-state index in [4.69, 9.17) is 6.42 Å². The van der Waals surface area contributed by atoms with Gasteiger partial charge in [-0.3, -0.25) is 14.9 Å². The van der Waals surface area contributed by atoms with E-state index in [1.165, 1.54) is 12.1 Å². The molecule has 1 atom stereocenters. The van der Waals surface area contributed by atoms with Gasteiger partial charge in [0.1, 0.15) is 5.56 Å². The van der Waals surface area contributed by atoms with E-state index in [0.717, 1.165) is 0 Å². The van der Waals surface area contributed by atoms with Crippen LogP contribution in [-0.2, 0) is 0 Å². The second-order valence-corrected chi connectivity index (χ2v) is 3.59. The highest BCUT2D eigenvalue weighted by molar-refractivity contribution is 5.99. The molecule has 17 heavy (non-hydrogen) atoms.